The quantitative estimate of drug-likeness (QED) is 0.657. The molecule has 1 aromatic heterocycles. The minimum Gasteiger partial charge on any atom is -0.356 e. The number of rotatable bonds is 5. The van der Waals surface area contributed by atoms with Crippen LogP contribution in [0.1, 0.15) is 28.1 Å². The molecular formula is C18H27N5. The molecule has 0 atom stereocenters. The lowest BCUT2D eigenvalue weighted by molar-refractivity contribution is 0.728. The topological polar surface area (TPSA) is 54.2 Å². The number of hydrogen-bond donors (Lipinski definition) is 2. The summed E-state index contributed by atoms with van der Waals surface area (Å²) in [5, 5.41) is 11.2. The maximum Gasteiger partial charge on any atom is 0.191 e. The van der Waals surface area contributed by atoms with E-state index in [1.807, 2.05) is 18.7 Å². The molecule has 124 valence electrons. The van der Waals surface area contributed by atoms with Gasteiger partial charge in [0.2, 0.25) is 0 Å². The van der Waals surface area contributed by atoms with Gasteiger partial charge in [-0.3, -0.25) is 9.67 Å². The summed E-state index contributed by atoms with van der Waals surface area (Å²) in [5.41, 5.74) is 6.10. The predicted octanol–water partition coefficient (Wildman–Crippen LogP) is 2.25. The molecule has 0 bridgehead atoms. The first-order valence-electron chi connectivity index (χ1n) is 8.00. The first-order valence-corrected chi connectivity index (χ1v) is 8.00. The van der Waals surface area contributed by atoms with Gasteiger partial charge in [0.25, 0.3) is 0 Å². The summed E-state index contributed by atoms with van der Waals surface area (Å²) in [7, 11) is 3.77. The van der Waals surface area contributed by atoms with Crippen LogP contribution in [-0.4, -0.2) is 29.3 Å². The molecule has 0 saturated carbocycles. The Hall–Kier alpha value is -2.30. The molecule has 0 radical (unpaired) electrons. The van der Waals surface area contributed by atoms with Crippen molar-refractivity contribution in [2.75, 3.05) is 13.6 Å². The number of hydrogen-bond acceptors (Lipinski definition) is 2. The summed E-state index contributed by atoms with van der Waals surface area (Å²) in [6.07, 6.45) is 0.978. The summed E-state index contributed by atoms with van der Waals surface area (Å²) in [4.78, 5) is 4.28. The van der Waals surface area contributed by atoms with Gasteiger partial charge in [-0.2, -0.15) is 5.10 Å². The van der Waals surface area contributed by atoms with Gasteiger partial charge in [-0.15, -0.1) is 0 Å². The molecule has 23 heavy (non-hydrogen) atoms. The minimum absolute atomic E-state index is 0.732. The Bertz CT molecular complexity index is 667. The van der Waals surface area contributed by atoms with Crippen molar-refractivity contribution in [1.29, 1.82) is 0 Å². The van der Waals surface area contributed by atoms with Gasteiger partial charge in [0.15, 0.2) is 5.96 Å². The van der Waals surface area contributed by atoms with Gasteiger partial charge < -0.3 is 10.6 Å². The zero-order valence-electron chi connectivity index (χ0n) is 14.8. The van der Waals surface area contributed by atoms with Crippen molar-refractivity contribution in [3.63, 3.8) is 0 Å². The lowest BCUT2D eigenvalue weighted by atomic mass is 10.1. The molecule has 0 amide bonds. The van der Waals surface area contributed by atoms with Crippen molar-refractivity contribution in [2.45, 2.75) is 33.7 Å². The van der Waals surface area contributed by atoms with Crippen LogP contribution < -0.4 is 10.6 Å². The molecule has 0 aliphatic heterocycles. The highest BCUT2D eigenvalue weighted by atomic mass is 15.3. The van der Waals surface area contributed by atoms with E-state index in [-0.39, 0.29) is 0 Å². The van der Waals surface area contributed by atoms with Gasteiger partial charge in [-0.05, 0) is 32.8 Å². The Morgan fingerprint density at radius 3 is 2.39 bits per heavy atom. The Kier molecular flexibility index (Phi) is 5.79. The number of nitrogens with zero attached hydrogens (tertiary/aromatic N) is 3. The van der Waals surface area contributed by atoms with Crippen LogP contribution in [0.4, 0.5) is 0 Å². The molecule has 0 spiro atoms. The summed E-state index contributed by atoms with van der Waals surface area (Å²) < 4.78 is 1.92. The van der Waals surface area contributed by atoms with Crippen LogP contribution in [0.3, 0.4) is 0 Å². The Morgan fingerprint density at radius 2 is 1.83 bits per heavy atom. The summed E-state index contributed by atoms with van der Waals surface area (Å²) in [6, 6.07) is 8.65. The van der Waals surface area contributed by atoms with E-state index in [0.29, 0.717) is 0 Å². The summed E-state index contributed by atoms with van der Waals surface area (Å²) in [5.74, 6) is 0.819. The van der Waals surface area contributed by atoms with Crippen LogP contribution in [0.25, 0.3) is 0 Å². The minimum atomic E-state index is 0.732. The van der Waals surface area contributed by atoms with Crippen molar-refractivity contribution < 1.29 is 0 Å². The SMILES string of the molecule is CN=C(NCCc1ccc(C)cc1)NCc1c(C)nn(C)c1C. The Balaban J connectivity index is 1.83. The maximum absolute atomic E-state index is 4.44. The molecule has 0 unspecified atom stereocenters. The standard InChI is InChI=1S/C18H27N5/c1-13-6-8-16(9-7-13)10-11-20-18(19-4)21-12-17-14(2)22-23(5)15(17)3/h6-9H,10-12H2,1-5H3,(H2,19,20,21). The zero-order chi connectivity index (χ0) is 16.8. The lowest BCUT2D eigenvalue weighted by Crippen LogP contribution is -2.38. The smallest absolute Gasteiger partial charge is 0.191 e. The van der Waals surface area contributed by atoms with E-state index < -0.39 is 0 Å². The molecule has 1 heterocycles. The first-order chi connectivity index (χ1) is 11.0. The van der Waals surface area contributed by atoms with E-state index in [1.54, 1.807) is 7.05 Å². The van der Waals surface area contributed by atoms with E-state index in [9.17, 15) is 0 Å². The molecule has 0 saturated heterocycles. The third kappa shape index (κ3) is 4.58. The van der Waals surface area contributed by atoms with Gasteiger partial charge in [-0.1, -0.05) is 29.8 Å². The first kappa shape index (κ1) is 17.1. The molecule has 1 aromatic carbocycles. The largest absolute Gasteiger partial charge is 0.356 e. The van der Waals surface area contributed by atoms with Gasteiger partial charge in [0.1, 0.15) is 0 Å². The van der Waals surface area contributed by atoms with E-state index >= 15 is 0 Å². The van der Waals surface area contributed by atoms with Gasteiger partial charge in [-0.25, -0.2) is 0 Å². The van der Waals surface area contributed by atoms with Crippen LogP contribution in [-0.2, 0) is 20.0 Å². The summed E-state index contributed by atoms with van der Waals surface area (Å²) >= 11 is 0. The van der Waals surface area contributed by atoms with Crippen LogP contribution in [0.5, 0.6) is 0 Å². The van der Waals surface area contributed by atoms with Crippen LogP contribution >= 0.6 is 0 Å². The predicted molar refractivity (Wildman–Crippen MR) is 95.8 cm³/mol. The zero-order valence-corrected chi connectivity index (χ0v) is 14.8. The maximum atomic E-state index is 4.44. The van der Waals surface area contributed by atoms with Crippen LogP contribution in [0.15, 0.2) is 29.3 Å². The molecule has 2 aromatic rings. The molecule has 5 nitrogen and oxygen atoms in total. The number of benzene rings is 1. The molecule has 2 rings (SSSR count). The fourth-order valence-electron chi connectivity index (χ4n) is 2.55. The van der Waals surface area contributed by atoms with Crippen molar-refractivity contribution >= 4 is 5.96 Å². The Morgan fingerprint density at radius 1 is 1.13 bits per heavy atom. The third-order valence-electron chi connectivity index (χ3n) is 4.14. The molecule has 2 N–H and O–H groups in total. The number of aryl methyl sites for hydroxylation is 3. The Labute approximate surface area is 138 Å². The number of aliphatic imine (C=N–C) groups is 1. The van der Waals surface area contributed by atoms with Crippen molar-refractivity contribution in [3.8, 4) is 0 Å². The summed E-state index contributed by atoms with van der Waals surface area (Å²) in [6.45, 7) is 7.82. The third-order valence-corrected chi connectivity index (χ3v) is 4.14. The van der Waals surface area contributed by atoms with E-state index in [0.717, 1.165) is 31.2 Å². The second kappa shape index (κ2) is 7.81. The second-order valence-electron chi connectivity index (χ2n) is 5.86. The molecule has 5 heteroatoms. The van der Waals surface area contributed by atoms with E-state index in [2.05, 4.69) is 58.8 Å². The number of aromatic nitrogens is 2. The molecule has 0 fully saturated rings. The van der Waals surface area contributed by atoms with Gasteiger partial charge in [0, 0.05) is 38.4 Å². The van der Waals surface area contributed by atoms with Crippen LogP contribution in [0.2, 0.25) is 0 Å². The fourth-order valence-corrected chi connectivity index (χ4v) is 2.55. The molecule has 0 aliphatic carbocycles. The number of guanidine groups is 1. The second-order valence-corrected chi connectivity index (χ2v) is 5.86. The van der Waals surface area contributed by atoms with E-state index in [1.165, 1.54) is 22.4 Å². The van der Waals surface area contributed by atoms with E-state index in [4.69, 9.17) is 0 Å². The van der Waals surface area contributed by atoms with Gasteiger partial charge in [0.05, 0.1) is 5.69 Å². The van der Waals surface area contributed by atoms with Crippen molar-refractivity contribution in [2.24, 2.45) is 12.0 Å². The lowest BCUT2D eigenvalue weighted by Gasteiger charge is -2.12. The monoisotopic (exact) mass is 313 g/mol. The number of nitrogens with one attached hydrogen (secondary N) is 2. The molecule has 0 aliphatic rings. The van der Waals surface area contributed by atoms with Gasteiger partial charge >= 0.3 is 0 Å². The average molecular weight is 313 g/mol. The highest BCUT2D eigenvalue weighted by Crippen LogP contribution is 2.11. The average Bonchev–Trinajstić information content (AvgIpc) is 2.78. The highest BCUT2D eigenvalue weighted by molar-refractivity contribution is 5.79. The highest BCUT2D eigenvalue weighted by Gasteiger charge is 2.09. The molecular weight excluding hydrogens is 286 g/mol. The normalized spacial score (nSPS) is 11.6. The van der Waals surface area contributed by atoms with Crippen molar-refractivity contribution in [1.82, 2.24) is 20.4 Å². The van der Waals surface area contributed by atoms with Crippen molar-refractivity contribution in [3.05, 3.63) is 52.3 Å². The van der Waals surface area contributed by atoms with Crippen LogP contribution in [0, 0.1) is 20.8 Å². The fraction of sp³-hybridized carbons (Fsp3) is 0.444.